The van der Waals surface area contributed by atoms with E-state index in [0.717, 1.165) is 16.7 Å². The topological polar surface area (TPSA) is 132 Å². The molecule has 0 saturated carbocycles. The lowest BCUT2D eigenvalue weighted by Crippen LogP contribution is -2.52. The van der Waals surface area contributed by atoms with Gasteiger partial charge in [-0.05, 0) is 30.0 Å². The molecule has 10 nitrogen and oxygen atoms in total. The molecule has 3 heterocycles. The highest BCUT2D eigenvalue weighted by Crippen LogP contribution is 2.37. The number of benzene rings is 3. The molecule has 4 N–H and O–H groups in total. The summed E-state index contributed by atoms with van der Waals surface area (Å²) in [6.45, 7) is 3.64. The van der Waals surface area contributed by atoms with Crippen LogP contribution in [0, 0.1) is 0 Å². The molecule has 6 rings (SSSR count). The maximum absolute atomic E-state index is 13.9. The fourth-order valence-corrected chi connectivity index (χ4v) is 6.01. The van der Waals surface area contributed by atoms with Crippen molar-refractivity contribution < 1.29 is 14.4 Å². The van der Waals surface area contributed by atoms with Crippen LogP contribution >= 0.6 is 0 Å². The van der Waals surface area contributed by atoms with E-state index in [1.54, 1.807) is 11.0 Å². The Kier molecular flexibility index (Phi) is 9.05. The number of rotatable bonds is 10. The van der Waals surface area contributed by atoms with Crippen LogP contribution in [0.3, 0.4) is 0 Å². The zero-order valence-corrected chi connectivity index (χ0v) is 25.8. The Balaban J connectivity index is 1.23. The van der Waals surface area contributed by atoms with Crippen molar-refractivity contribution in [1.29, 1.82) is 0 Å². The van der Waals surface area contributed by atoms with Crippen molar-refractivity contribution in [2.24, 2.45) is 0 Å². The lowest BCUT2D eigenvalue weighted by atomic mass is 9.72. The summed E-state index contributed by atoms with van der Waals surface area (Å²) in [7, 11) is 0. The maximum Gasteiger partial charge on any atom is 0.270 e. The normalized spacial score (nSPS) is 14.1. The first-order chi connectivity index (χ1) is 22.4. The first kappa shape index (κ1) is 30.5. The van der Waals surface area contributed by atoms with Gasteiger partial charge in [-0.3, -0.25) is 14.4 Å². The molecule has 10 heteroatoms. The molecule has 5 aromatic rings. The number of nitrogens with zero attached hydrogens (tertiary/aromatic N) is 3. The Morgan fingerprint density at radius 3 is 2.15 bits per heavy atom. The van der Waals surface area contributed by atoms with Crippen molar-refractivity contribution in [1.82, 2.24) is 30.5 Å². The molecule has 46 heavy (non-hydrogen) atoms. The summed E-state index contributed by atoms with van der Waals surface area (Å²) >= 11 is 0. The summed E-state index contributed by atoms with van der Waals surface area (Å²) < 4.78 is 0. The van der Waals surface area contributed by atoms with Gasteiger partial charge in [0, 0.05) is 45.2 Å². The van der Waals surface area contributed by atoms with E-state index in [1.165, 1.54) is 6.92 Å². The number of aromatic amines is 1. The molecular weight excluding hydrogens is 578 g/mol. The number of piperidine rings is 1. The Hall–Kier alpha value is -5.51. The van der Waals surface area contributed by atoms with E-state index in [9.17, 15) is 14.4 Å². The SMILES string of the molecule is CC(=O)NCCNc1nc(-c2ccccc2)nc2[nH]c(C(=O)N3CCC(C(=O)NCc4ccccc4)(c4ccccc4)CC3)cc12. The molecule has 0 unspecified atom stereocenters. The van der Waals surface area contributed by atoms with Gasteiger partial charge in [-0.15, -0.1) is 0 Å². The summed E-state index contributed by atoms with van der Waals surface area (Å²) in [6.07, 6.45) is 0.995. The Labute approximate surface area is 267 Å². The first-order valence-electron chi connectivity index (χ1n) is 15.5. The third kappa shape index (κ3) is 6.61. The summed E-state index contributed by atoms with van der Waals surface area (Å²) in [5.41, 5.74) is 3.03. The molecule has 0 radical (unpaired) electrons. The average Bonchev–Trinajstić information content (AvgIpc) is 3.54. The fraction of sp³-hybridized carbons (Fsp3) is 0.250. The second-order valence-electron chi connectivity index (χ2n) is 11.5. The van der Waals surface area contributed by atoms with Gasteiger partial charge in [0.25, 0.3) is 5.91 Å². The second-order valence-corrected chi connectivity index (χ2v) is 11.5. The number of anilines is 1. The molecule has 0 spiro atoms. The minimum atomic E-state index is -0.742. The van der Waals surface area contributed by atoms with Crippen molar-refractivity contribution in [2.45, 2.75) is 31.7 Å². The fourth-order valence-electron chi connectivity index (χ4n) is 6.01. The minimum absolute atomic E-state index is 0.0287. The zero-order valence-electron chi connectivity index (χ0n) is 25.8. The molecule has 3 aromatic carbocycles. The number of aromatic nitrogens is 3. The van der Waals surface area contributed by atoms with E-state index < -0.39 is 5.41 Å². The largest absolute Gasteiger partial charge is 0.368 e. The number of carbonyl (C=O) groups is 3. The van der Waals surface area contributed by atoms with Crippen molar-refractivity contribution in [2.75, 3.05) is 31.5 Å². The monoisotopic (exact) mass is 615 g/mol. The van der Waals surface area contributed by atoms with E-state index in [4.69, 9.17) is 9.97 Å². The number of hydrogen-bond donors (Lipinski definition) is 4. The Morgan fingerprint density at radius 1 is 0.826 bits per heavy atom. The van der Waals surface area contributed by atoms with Crippen LogP contribution < -0.4 is 16.0 Å². The van der Waals surface area contributed by atoms with Crippen molar-refractivity contribution >= 4 is 34.6 Å². The van der Waals surface area contributed by atoms with Crippen molar-refractivity contribution in [3.8, 4) is 11.4 Å². The van der Waals surface area contributed by atoms with Crippen LogP contribution in [0.2, 0.25) is 0 Å². The lowest BCUT2D eigenvalue weighted by molar-refractivity contribution is -0.128. The highest BCUT2D eigenvalue weighted by molar-refractivity contribution is 6.00. The van der Waals surface area contributed by atoms with Gasteiger partial charge >= 0.3 is 0 Å². The van der Waals surface area contributed by atoms with Gasteiger partial charge in [0.1, 0.15) is 17.2 Å². The Bertz CT molecular complexity index is 1820. The van der Waals surface area contributed by atoms with Crippen molar-refractivity contribution in [3.63, 3.8) is 0 Å². The van der Waals surface area contributed by atoms with Crippen LogP contribution in [-0.2, 0) is 21.5 Å². The number of likely N-dealkylation sites (tertiary alicyclic amines) is 1. The minimum Gasteiger partial charge on any atom is -0.368 e. The van der Waals surface area contributed by atoms with Crippen molar-refractivity contribution in [3.05, 3.63) is 114 Å². The number of nitrogens with one attached hydrogen (secondary N) is 4. The number of carbonyl (C=O) groups excluding carboxylic acids is 3. The third-order valence-electron chi connectivity index (χ3n) is 8.50. The van der Waals surface area contributed by atoms with Crippen LogP contribution in [0.15, 0.2) is 97.1 Å². The smallest absolute Gasteiger partial charge is 0.270 e. The lowest BCUT2D eigenvalue weighted by Gasteiger charge is -2.41. The first-order valence-corrected chi connectivity index (χ1v) is 15.5. The van der Waals surface area contributed by atoms with E-state index in [0.29, 0.717) is 73.9 Å². The summed E-state index contributed by atoms with van der Waals surface area (Å²) in [5, 5.41) is 9.91. The van der Waals surface area contributed by atoms with E-state index in [-0.39, 0.29) is 17.7 Å². The van der Waals surface area contributed by atoms with Gasteiger partial charge < -0.3 is 25.8 Å². The number of fused-ring (bicyclic) bond motifs is 1. The predicted octanol–water partition coefficient (Wildman–Crippen LogP) is 4.66. The molecule has 2 aromatic heterocycles. The molecule has 1 saturated heterocycles. The summed E-state index contributed by atoms with van der Waals surface area (Å²) in [6, 6.07) is 31.1. The second kappa shape index (κ2) is 13.6. The van der Waals surface area contributed by atoms with Crippen LogP contribution in [0.25, 0.3) is 22.4 Å². The predicted molar refractivity (Wildman–Crippen MR) is 178 cm³/mol. The van der Waals surface area contributed by atoms with Gasteiger partial charge in [-0.2, -0.15) is 0 Å². The molecule has 0 aliphatic carbocycles. The van der Waals surface area contributed by atoms with E-state index in [2.05, 4.69) is 20.9 Å². The molecule has 3 amide bonds. The molecule has 0 bridgehead atoms. The van der Waals surface area contributed by atoms with Crippen LogP contribution in [0.1, 0.15) is 41.4 Å². The number of amides is 3. The third-order valence-corrected chi connectivity index (χ3v) is 8.50. The molecule has 234 valence electrons. The standard InChI is InChI=1S/C36H37N7O3/c1-25(44)37-19-20-38-32-29-23-30(40-33(29)42-31(41-32)27-13-7-3-8-14-27)34(45)43-21-17-36(18-22-43,28-15-9-4-10-16-28)35(46)39-24-26-11-5-2-6-12-26/h2-16,23H,17-22,24H2,1H3,(H,37,44)(H,39,46)(H2,38,40,41,42). The van der Waals surface area contributed by atoms with Gasteiger partial charge in [0.2, 0.25) is 11.8 Å². The Morgan fingerprint density at radius 2 is 1.48 bits per heavy atom. The summed E-state index contributed by atoms with van der Waals surface area (Å²) in [5.74, 6) is 0.791. The molecule has 1 fully saturated rings. The van der Waals surface area contributed by atoms with Crippen LogP contribution in [-0.4, -0.2) is 63.8 Å². The molecule has 1 aliphatic heterocycles. The average molecular weight is 616 g/mol. The van der Waals surface area contributed by atoms with Gasteiger partial charge in [0.05, 0.1) is 10.8 Å². The molecule has 1 aliphatic rings. The van der Waals surface area contributed by atoms with E-state index in [1.807, 2.05) is 91.0 Å². The van der Waals surface area contributed by atoms with Crippen LogP contribution in [0.4, 0.5) is 5.82 Å². The zero-order chi connectivity index (χ0) is 31.9. The van der Waals surface area contributed by atoms with Gasteiger partial charge in [-0.25, -0.2) is 9.97 Å². The van der Waals surface area contributed by atoms with Gasteiger partial charge in [-0.1, -0.05) is 91.0 Å². The molecule has 0 atom stereocenters. The summed E-state index contributed by atoms with van der Waals surface area (Å²) in [4.78, 5) is 53.6. The number of hydrogen-bond acceptors (Lipinski definition) is 6. The van der Waals surface area contributed by atoms with E-state index >= 15 is 0 Å². The maximum atomic E-state index is 13.9. The van der Waals surface area contributed by atoms with Crippen LogP contribution in [0.5, 0.6) is 0 Å². The highest BCUT2D eigenvalue weighted by atomic mass is 16.2. The van der Waals surface area contributed by atoms with Gasteiger partial charge in [0.15, 0.2) is 5.82 Å². The number of H-pyrrole nitrogens is 1. The highest BCUT2D eigenvalue weighted by Gasteiger charge is 2.43. The molecular formula is C36H37N7O3. The quantitative estimate of drug-likeness (QED) is 0.169.